The number of nitrogens with zero attached hydrogens (tertiary/aromatic N) is 4. The quantitative estimate of drug-likeness (QED) is 0.465. The number of benzene rings is 2. The van der Waals surface area contributed by atoms with E-state index in [1.807, 2.05) is 72.8 Å². The van der Waals surface area contributed by atoms with Gasteiger partial charge in [-0.05, 0) is 19.2 Å². The highest BCUT2D eigenvalue weighted by Crippen LogP contribution is 2.34. The first-order valence-electron chi connectivity index (χ1n) is 11.0. The summed E-state index contributed by atoms with van der Waals surface area (Å²) in [6.45, 7) is 3.96. The molecule has 0 unspecified atom stereocenters. The number of hydrogen-bond acceptors (Lipinski definition) is 6. The van der Waals surface area contributed by atoms with Gasteiger partial charge in [0.05, 0.1) is 17.6 Å². The van der Waals surface area contributed by atoms with Gasteiger partial charge in [-0.3, -0.25) is 4.79 Å². The van der Waals surface area contributed by atoms with Crippen LogP contribution in [0.25, 0.3) is 21.8 Å². The molecule has 1 amide bonds. The number of nitrogens with one attached hydrogen (secondary N) is 1. The number of pyridine rings is 1. The van der Waals surface area contributed by atoms with Crippen LogP contribution in [0.1, 0.15) is 9.67 Å². The van der Waals surface area contributed by atoms with Crippen LogP contribution in [0, 0.1) is 0 Å². The molecule has 1 fully saturated rings. The minimum atomic E-state index is -0.178. The van der Waals surface area contributed by atoms with Crippen molar-refractivity contribution in [3.05, 3.63) is 83.9 Å². The van der Waals surface area contributed by atoms with Gasteiger partial charge in [0.15, 0.2) is 0 Å². The summed E-state index contributed by atoms with van der Waals surface area (Å²) in [5, 5.41) is 3.83. The minimum Gasteiger partial charge on any atom is -0.354 e. The molecule has 0 bridgehead atoms. The van der Waals surface area contributed by atoms with Gasteiger partial charge in [0, 0.05) is 37.3 Å². The van der Waals surface area contributed by atoms with E-state index in [0.717, 1.165) is 48.1 Å². The van der Waals surface area contributed by atoms with Gasteiger partial charge in [-0.25, -0.2) is 9.97 Å². The predicted octanol–water partition coefficient (Wildman–Crippen LogP) is 4.88. The number of thiazole rings is 1. The molecule has 2 aromatic carbocycles. The Bertz CT molecular complexity index is 1220. The number of carbonyl (C=O) groups excluding carboxylic acids is 1. The SMILES string of the molecule is CN1CCN(c2ccc(NC(=O)c3sc(-c4ccccc4)nc3-c3ccccc3)cn2)CC1. The van der Waals surface area contributed by atoms with E-state index in [9.17, 15) is 4.79 Å². The molecular formula is C26H25N5OS. The van der Waals surface area contributed by atoms with E-state index < -0.39 is 0 Å². The van der Waals surface area contributed by atoms with E-state index in [2.05, 4.69) is 27.1 Å². The third kappa shape index (κ3) is 4.79. The molecule has 4 aromatic rings. The van der Waals surface area contributed by atoms with Gasteiger partial charge in [-0.1, -0.05) is 60.7 Å². The number of rotatable bonds is 5. The molecule has 2 aromatic heterocycles. The Balaban J connectivity index is 1.39. The molecule has 0 aliphatic carbocycles. The number of carbonyl (C=O) groups is 1. The summed E-state index contributed by atoms with van der Waals surface area (Å²) in [5.41, 5.74) is 3.28. The molecule has 1 N–H and O–H groups in total. The first-order chi connectivity index (χ1) is 16.2. The maximum absolute atomic E-state index is 13.3. The van der Waals surface area contributed by atoms with Crippen molar-refractivity contribution >= 4 is 28.7 Å². The largest absolute Gasteiger partial charge is 0.354 e. The lowest BCUT2D eigenvalue weighted by atomic mass is 10.1. The molecule has 0 spiro atoms. The molecule has 7 heteroatoms. The van der Waals surface area contributed by atoms with Crippen molar-refractivity contribution < 1.29 is 4.79 Å². The highest BCUT2D eigenvalue weighted by molar-refractivity contribution is 7.17. The third-order valence-electron chi connectivity index (χ3n) is 5.73. The van der Waals surface area contributed by atoms with Gasteiger partial charge < -0.3 is 15.1 Å². The zero-order valence-electron chi connectivity index (χ0n) is 18.4. The van der Waals surface area contributed by atoms with Crippen molar-refractivity contribution in [1.29, 1.82) is 0 Å². The van der Waals surface area contributed by atoms with Crippen LogP contribution in [-0.2, 0) is 0 Å². The Morgan fingerprint density at radius 3 is 2.18 bits per heavy atom. The fourth-order valence-corrected chi connectivity index (χ4v) is 4.83. The Hall–Kier alpha value is -3.55. The Morgan fingerprint density at radius 1 is 0.879 bits per heavy atom. The van der Waals surface area contributed by atoms with E-state index in [0.29, 0.717) is 16.3 Å². The second-order valence-corrected chi connectivity index (χ2v) is 9.08. The zero-order valence-corrected chi connectivity index (χ0v) is 19.3. The lowest BCUT2D eigenvalue weighted by Crippen LogP contribution is -2.44. The average molecular weight is 456 g/mol. The van der Waals surface area contributed by atoms with E-state index >= 15 is 0 Å². The van der Waals surface area contributed by atoms with Gasteiger partial charge in [0.2, 0.25) is 0 Å². The van der Waals surface area contributed by atoms with Gasteiger partial charge in [0.1, 0.15) is 15.7 Å². The molecule has 0 saturated carbocycles. The number of piperazine rings is 1. The first-order valence-corrected chi connectivity index (χ1v) is 11.8. The van der Waals surface area contributed by atoms with Gasteiger partial charge in [-0.2, -0.15) is 0 Å². The fraction of sp³-hybridized carbons (Fsp3) is 0.192. The number of anilines is 2. The molecule has 166 valence electrons. The fourth-order valence-electron chi connectivity index (χ4n) is 3.84. The highest BCUT2D eigenvalue weighted by Gasteiger charge is 2.21. The van der Waals surface area contributed by atoms with E-state index in [-0.39, 0.29) is 5.91 Å². The summed E-state index contributed by atoms with van der Waals surface area (Å²) in [6.07, 6.45) is 1.73. The summed E-state index contributed by atoms with van der Waals surface area (Å²) in [5.74, 6) is 0.762. The van der Waals surface area contributed by atoms with E-state index in [1.54, 1.807) is 6.20 Å². The number of amides is 1. The van der Waals surface area contributed by atoms with Crippen molar-refractivity contribution in [2.24, 2.45) is 0 Å². The summed E-state index contributed by atoms with van der Waals surface area (Å²) in [4.78, 5) is 27.9. The van der Waals surface area contributed by atoms with Crippen molar-refractivity contribution in [3.8, 4) is 21.8 Å². The summed E-state index contributed by atoms with van der Waals surface area (Å²) in [6, 6.07) is 23.7. The van der Waals surface area contributed by atoms with Crippen LogP contribution in [0.2, 0.25) is 0 Å². The Labute approximate surface area is 197 Å². The molecule has 0 radical (unpaired) electrons. The monoisotopic (exact) mass is 455 g/mol. The lowest BCUT2D eigenvalue weighted by Gasteiger charge is -2.33. The second-order valence-electron chi connectivity index (χ2n) is 8.08. The van der Waals surface area contributed by atoms with Crippen LogP contribution in [0.3, 0.4) is 0 Å². The molecule has 1 aliphatic heterocycles. The van der Waals surface area contributed by atoms with Crippen LogP contribution in [0.4, 0.5) is 11.5 Å². The molecule has 0 atom stereocenters. The van der Waals surface area contributed by atoms with Gasteiger partial charge in [-0.15, -0.1) is 11.3 Å². The average Bonchev–Trinajstić information content (AvgIpc) is 3.32. The Kier molecular flexibility index (Phi) is 6.15. The lowest BCUT2D eigenvalue weighted by molar-refractivity contribution is 0.103. The molecule has 1 saturated heterocycles. The van der Waals surface area contributed by atoms with Crippen molar-refractivity contribution in [2.75, 3.05) is 43.4 Å². The van der Waals surface area contributed by atoms with E-state index in [1.165, 1.54) is 11.3 Å². The van der Waals surface area contributed by atoms with Crippen LogP contribution in [0.15, 0.2) is 79.0 Å². The minimum absolute atomic E-state index is 0.178. The van der Waals surface area contributed by atoms with Crippen LogP contribution in [0.5, 0.6) is 0 Å². The number of likely N-dealkylation sites (N-methyl/N-ethyl adjacent to an activating group) is 1. The number of aromatic nitrogens is 2. The summed E-state index contributed by atoms with van der Waals surface area (Å²) < 4.78 is 0. The first kappa shape index (κ1) is 21.3. The smallest absolute Gasteiger partial charge is 0.268 e. The maximum atomic E-state index is 13.3. The molecule has 6 nitrogen and oxygen atoms in total. The highest BCUT2D eigenvalue weighted by atomic mass is 32.1. The normalized spacial score (nSPS) is 14.3. The van der Waals surface area contributed by atoms with Crippen molar-refractivity contribution in [1.82, 2.24) is 14.9 Å². The van der Waals surface area contributed by atoms with Crippen molar-refractivity contribution in [3.63, 3.8) is 0 Å². The van der Waals surface area contributed by atoms with Crippen molar-refractivity contribution in [2.45, 2.75) is 0 Å². The second kappa shape index (κ2) is 9.52. The van der Waals surface area contributed by atoms with E-state index in [4.69, 9.17) is 4.98 Å². The summed E-state index contributed by atoms with van der Waals surface area (Å²) >= 11 is 1.40. The standard InChI is InChI=1S/C26H25N5OS/c1-30-14-16-31(17-15-30)22-13-12-21(18-27-22)28-25(32)24-23(19-8-4-2-5-9-19)29-26(33-24)20-10-6-3-7-11-20/h2-13,18H,14-17H2,1H3,(H,28,32). The predicted molar refractivity (Wildman–Crippen MR) is 135 cm³/mol. The molecule has 5 rings (SSSR count). The maximum Gasteiger partial charge on any atom is 0.268 e. The Morgan fingerprint density at radius 2 is 1.55 bits per heavy atom. The van der Waals surface area contributed by atoms with Crippen LogP contribution < -0.4 is 10.2 Å². The number of hydrogen-bond donors (Lipinski definition) is 1. The summed E-state index contributed by atoms with van der Waals surface area (Å²) in [7, 11) is 2.13. The topological polar surface area (TPSA) is 61.4 Å². The molecule has 1 aliphatic rings. The zero-order chi connectivity index (χ0) is 22.6. The van der Waals surface area contributed by atoms with Crippen LogP contribution >= 0.6 is 11.3 Å². The van der Waals surface area contributed by atoms with Crippen LogP contribution in [-0.4, -0.2) is 54.0 Å². The van der Waals surface area contributed by atoms with Gasteiger partial charge >= 0.3 is 0 Å². The molecular weight excluding hydrogens is 430 g/mol. The van der Waals surface area contributed by atoms with Gasteiger partial charge in [0.25, 0.3) is 5.91 Å². The molecule has 33 heavy (non-hydrogen) atoms. The third-order valence-corrected chi connectivity index (χ3v) is 6.84. The molecule has 3 heterocycles.